The van der Waals surface area contributed by atoms with Crippen molar-refractivity contribution in [3.63, 3.8) is 0 Å². The van der Waals surface area contributed by atoms with E-state index >= 15 is 0 Å². The van der Waals surface area contributed by atoms with E-state index in [4.69, 9.17) is 0 Å². The van der Waals surface area contributed by atoms with Gasteiger partial charge in [0.05, 0.1) is 17.4 Å². The van der Waals surface area contributed by atoms with Gasteiger partial charge >= 0.3 is 0 Å². The minimum Gasteiger partial charge on any atom is -0.355 e. The SMILES string of the molecule is CC(C)(C)n1ncc2c(=O)[nH]c(NCCc3ccc(-n4cccn4)cc3)nc21. The maximum Gasteiger partial charge on any atom is 0.263 e. The molecule has 0 atom stereocenters. The Morgan fingerprint density at radius 1 is 1.14 bits per heavy atom. The molecule has 0 saturated carbocycles. The fourth-order valence-electron chi connectivity index (χ4n) is 3.06. The quantitative estimate of drug-likeness (QED) is 0.558. The maximum atomic E-state index is 12.3. The highest BCUT2D eigenvalue weighted by atomic mass is 16.1. The van der Waals surface area contributed by atoms with Crippen LogP contribution in [0.2, 0.25) is 0 Å². The van der Waals surface area contributed by atoms with Gasteiger partial charge in [0.25, 0.3) is 5.56 Å². The molecule has 8 nitrogen and oxygen atoms in total. The van der Waals surface area contributed by atoms with E-state index in [0.29, 0.717) is 23.5 Å². The third kappa shape index (κ3) is 3.53. The van der Waals surface area contributed by atoms with Gasteiger partial charge in [-0.3, -0.25) is 9.78 Å². The number of nitrogens with zero attached hydrogens (tertiary/aromatic N) is 5. The number of fused-ring (bicyclic) bond motifs is 1. The molecule has 0 unspecified atom stereocenters. The van der Waals surface area contributed by atoms with Crippen molar-refractivity contribution >= 4 is 17.0 Å². The summed E-state index contributed by atoms with van der Waals surface area (Å²) in [5, 5.41) is 12.3. The molecule has 3 aromatic heterocycles. The molecule has 0 bridgehead atoms. The summed E-state index contributed by atoms with van der Waals surface area (Å²) < 4.78 is 3.60. The first-order valence-corrected chi connectivity index (χ1v) is 9.23. The normalized spacial score (nSPS) is 11.8. The van der Waals surface area contributed by atoms with Gasteiger partial charge in [0.1, 0.15) is 5.39 Å². The van der Waals surface area contributed by atoms with Crippen LogP contribution < -0.4 is 10.9 Å². The molecule has 4 rings (SSSR count). The lowest BCUT2D eigenvalue weighted by Gasteiger charge is -2.19. The zero-order valence-corrected chi connectivity index (χ0v) is 16.2. The van der Waals surface area contributed by atoms with Gasteiger partial charge in [0, 0.05) is 18.9 Å². The third-order valence-electron chi connectivity index (χ3n) is 4.48. The molecule has 4 aromatic rings. The van der Waals surface area contributed by atoms with E-state index in [9.17, 15) is 4.79 Å². The predicted octanol–water partition coefficient (Wildman–Crippen LogP) is 2.71. The second-order valence-electron chi connectivity index (χ2n) is 7.67. The van der Waals surface area contributed by atoms with Gasteiger partial charge in [-0.2, -0.15) is 15.2 Å². The number of aromatic nitrogens is 6. The van der Waals surface area contributed by atoms with Crippen molar-refractivity contribution in [1.29, 1.82) is 0 Å². The van der Waals surface area contributed by atoms with Gasteiger partial charge < -0.3 is 5.32 Å². The molecule has 144 valence electrons. The van der Waals surface area contributed by atoms with Crippen LogP contribution in [0.3, 0.4) is 0 Å². The Morgan fingerprint density at radius 2 is 1.93 bits per heavy atom. The number of H-pyrrole nitrogens is 1. The van der Waals surface area contributed by atoms with Crippen LogP contribution in [0.4, 0.5) is 5.95 Å². The first-order chi connectivity index (χ1) is 13.4. The van der Waals surface area contributed by atoms with Gasteiger partial charge in [-0.15, -0.1) is 0 Å². The monoisotopic (exact) mass is 377 g/mol. The Kier molecular flexibility index (Phi) is 4.46. The molecule has 0 aliphatic heterocycles. The summed E-state index contributed by atoms with van der Waals surface area (Å²) in [6.07, 6.45) is 6.04. The van der Waals surface area contributed by atoms with Gasteiger partial charge in [-0.05, 0) is 51.0 Å². The Bertz CT molecular complexity index is 1130. The van der Waals surface area contributed by atoms with Gasteiger partial charge in [0.15, 0.2) is 5.65 Å². The number of aromatic amines is 1. The lowest BCUT2D eigenvalue weighted by Crippen LogP contribution is -2.24. The molecule has 0 spiro atoms. The summed E-state index contributed by atoms with van der Waals surface area (Å²) in [6.45, 7) is 6.74. The van der Waals surface area contributed by atoms with Crippen LogP contribution in [0.15, 0.2) is 53.7 Å². The van der Waals surface area contributed by atoms with Crippen LogP contribution in [-0.4, -0.2) is 36.1 Å². The molecular formula is C20H23N7O. The number of rotatable bonds is 5. The average Bonchev–Trinajstić information content (AvgIpc) is 3.32. The number of nitrogens with one attached hydrogen (secondary N) is 2. The summed E-state index contributed by atoms with van der Waals surface area (Å²) >= 11 is 0. The molecule has 0 aliphatic rings. The van der Waals surface area contributed by atoms with Crippen LogP contribution in [0.25, 0.3) is 16.7 Å². The van der Waals surface area contributed by atoms with Crippen molar-refractivity contribution in [3.8, 4) is 5.69 Å². The van der Waals surface area contributed by atoms with Gasteiger partial charge in [-0.25, -0.2) is 9.36 Å². The number of hydrogen-bond acceptors (Lipinski definition) is 5. The summed E-state index contributed by atoms with van der Waals surface area (Å²) in [6, 6.07) is 10.1. The topological polar surface area (TPSA) is 93.4 Å². The highest BCUT2D eigenvalue weighted by Crippen LogP contribution is 2.18. The summed E-state index contributed by atoms with van der Waals surface area (Å²) in [7, 11) is 0. The van der Waals surface area contributed by atoms with Crippen molar-refractivity contribution < 1.29 is 0 Å². The minimum atomic E-state index is -0.254. The lowest BCUT2D eigenvalue weighted by molar-refractivity contribution is 0.366. The van der Waals surface area contributed by atoms with E-state index in [1.165, 1.54) is 5.56 Å². The largest absolute Gasteiger partial charge is 0.355 e. The highest BCUT2D eigenvalue weighted by Gasteiger charge is 2.19. The number of benzene rings is 1. The zero-order valence-electron chi connectivity index (χ0n) is 16.2. The molecule has 8 heteroatoms. The van der Waals surface area contributed by atoms with Gasteiger partial charge in [0.2, 0.25) is 5.95 Å². The van der Waals surface area contributed by atoms with E-state index in [-0.39, 0.29) is 11.1 Å². The Balaban J connectivity index is 1.46. The number of anilines is 1. The van der Waals surface area contributed by atoms with Crippen molar-refractivity contribution in [2.75, 3.05) is 11.9 Å². The molecule has 0 amide bonds. The molecule has 3 heterocycles. The van der Waals surface area contributed by atoms with Crippen molar-refractivity contribution in [1.82, 2.24) is 29.5 Å². The molecule has 1 aromatic carbocycles. The lowest BCUT2D eigenvalue weighted by atomic mass is 10.1. The maximum absolute atomic E-state index is 12.3. The third-order valence-corrected chi connectivity index (χ3v) is 4.48. The smallest absolute Gasteiger partial charge is 0.263 e. The van der Waals surface area contributed by atoms with Crippen molar-refractivity contribution in [2.24, 2.45) is 0 Å². The summed E-state index contributed by atoms with van der Waals surface area (Å²) in [5.41, 5.74) is 2.35. The Labute approximate surface area is 162 Å². The first kappa shape index (κ1) is 18.0. The molecule has 0 radical (unpaired) electrons. The van der Waals surface area contributed by atoms with E-state index in [2.05, 4.69) is 37.6 Å². The zero-order chi connectivity index (χ0) is 19.7. The molecule has 0 aliphatic carbocycles. The highest BCUT2D eigenvalue weighted by molar-refractivity contribution is 5.74. The molecule has 2 N–H and O–H groups in total. The second-order valence-corrected chi connectivity index (χ2v) is 7.67. The van der Waals surface area contributed by atoms with Crippen LogP contribution in [0.1, 0.15) is 26.3 Å². The van der Waals surface area contributed by atoms with Crippen LogP contribution >= 0.6 is 0 Å². The molecule has 28 heavy (non-hydrogen) atoms. The van der Waals surface area contributed by atoms with Crippen LogP contribution in [0.5, 0.6) is 0 Å². The first-order valence-electron chi connectivity index (χ1n) is 9.23. The molecule has 0 fully saturated rings. The Morgan fingerprint density at radius 3 is 2.61 bits per heavy atom. The van der Waals surface area contributed by atoms with E-state index in [1.54, 1.807) is 17.1 Å². The summed E-state index contributed by atoms with van der Waals surface area (Å²) in [4.78, 5) is 19.7. The second kappa shape index (κ2) is 6.95. The summed E-state index contributed by atoms with van der Waals surface area (Å²) in [5.74, 6) is 0.455. The van der Waals surface area contributed by atoms with E-state index in [0.717, 1.165) is 12.1 Å². The van der Waals surface area contributed by atoms with Crippen LogP contribution in [0, 0.1) is 0 Å². The number of hydrogen-bond donors (Lipinski definition) is 2. The van der Waals surface area contributed by atoms with Crippen molar-refractivity contribution in [3.05, 3.63) is 64.8 Å². The van der Waals surface area contributed by atoms with E-state index in [1.807, 2.05) is 49.8 Å². The molecular weight excluding hydrogens is 354 g/mol. The average molecular weight is 377 g/mol. The molecule has 0 saturated heterocycles. The van der Waals surface area contributed by atoms with Gasteiger partial charge in [-0.1, -0.05) is 12.1 Å². The van der Waals surface area contributed by atoms with Crippen molar-refractivity contribution in [2.45, 2.75) is 32.7 Å². The van der Waals surface area contributed by atoms with E-state index < -0.39 is 0 Å². The van der Waals surface area contributed by atoms with Crippen LogP contribution in [-0.2, 0) is 12.0 Å². The predicted molar refractivity (Wildman–Crippen MR) is 109 cm³/mol. The standard InChI is InChI=1S/C20H23N7O/c1-20(2,3)27-17-16(13-23-27)18(28)25-19(24-17)21-11-9-14-5-7-15(8-6-14)26-12-4-10-22-26/h4-8,10,12-13H,9,11H2,1-3H3,(H2,21,24,25,28). The minimum absolute atomic E-state index is 0.188. The fraction of sp³-hybridized carbons (Fsp3) is 0.300. The fourth-order valence-corrected chi connectivity index (χ4v) is 3.06. The Hall–Kier alpha value is -3.42.